The van der Waals surface area contributed by atoms with Crippen LogP contribution in [0.15, 0.2) is 35.8 Å². The van der Waals surface area contributed by atoms with Crippen molar-refractivity contribution in [2.75, 3.05) is 13.7 Å². The van der Waals surface area contributed by atoms with Crippen LogP contribution in [-0.2, 0) is 6.42 Å². The fraction of sp³-hybridized carbons (Fsp3) is 0.267. The van der Waals surface area contributed by atoms with E-state index in [-0.39, 0.29) is 0 Å². The Bertz CT molecular complexity index is 717. The molecular formula is C15H17N3OS. The largest absolute Gasteiger partial charge is 0.497 e. The average Bonchev–Trinajstić information content (AvgIpc) is 3.06. The molecule has 0 spiro atoms. The fourth-order valence-corrected chi connectivity index (χ4v) is 3.08. The zero-order valence-electron chi connectivity index (χ0n) is 11.4. The van der Waals surface area contributed by atoms with Crippen LogP contribution < -0.4 is 10.5 Å². The third-order valence-electron chi connectivity index (χ3n) is 3.32. The summed E-state index contributed by atoms with van der Waals surface area (Å²) in [5.41, 5.74) is 9.00. The molecule has 0 atom stereocenters. The van der Waals surface area contributed by atoms with Crippen LogP contribution in [0.4, 0.5) is 0 Å². The van der Waals surface area contributed by atoms with Crippen molar-refractivity contribution < 1.29 is 4.74 Å². The van der Waals surface area contributed by atoms with E-state index in [0.29, 0.717) is 6.54 Å². The Morgan fingerprint density at radius 2 is 2.30 bits per heavy atom. The van der Waals surface area contributed by atoms with Gasteiger partial charge in [-0.1, -0.05) is 12.1 Å². The lowest BCUT2D eigenvalue weighted by atomic mass is 10.1. The lowest BCUT2D eigenvalue weighted by Gasteiger charge is -2.05. The Labute approximate surface area is 121 Å². The number of thiazole rings is 1. The number of hydrogen-bond acceptors (Lipinski definition) is 4. The van der Waals surface area contributed by atoms with E-state index >= 15 is 0 Å². The third-order valence-corrected chi connectivity index (χ3v) is 4.08. The number of rotatable bonds is 5. The van der Waals surface area contributed by atoms with E-state index in [1.54, 1.807) is 18.4 Å². The summed E-state index contributed by atoms with van der Waals surface area (Å²) in [6.07, 6.45) is 3.96. The number of fused-ring (bicyclic) bond motifs is 1. The van der Waals surface area contributed by atoms with E-state index in [2.05, 4.69) is 22.0 Å². The van der Waals surface area contributed by atoms with Crippen molar-refractivity contribution in [3.05, 3.63) is 41.5 Å². The molecule has 2 heterocycles. The highest BCUT2D eigenvalue weighted by Gasteiger charge is 2.14. The van der Waals surface area contributed by atoms with Crippen LogP contribution in [-0.4, -0.2) is 23.0 Å². The molecule has 2 N–H and O–H groups in total. The number of benzene rings is 1. The van der Waals surface area contributed by atoms with Crippen molar-refractivity contribution in [3.8, 4) is 17.0 Å². The normalized spacial score (nSPS) is 11.1. The first kappa shape index (κ1) is 13.1. The van der Waals surface area contributed by atoms with Crippen molar-refractivity contribution >= 4 is 16.3 Å². The van der Waals surface area contributed by atoms with Crippen LogP contribution >= 0.6 is 11.3 Å². The molecule has 3 rings (SSSR count). The molecule has 0 radical (unpaired) electrons. The van der Waals surface area contributed by atoms with Gasteiger partial charge in [0.2, 0.25) is 0 Å². The van der Waals surface area contributed by atoms with E-state index in [9.17, 15) is 0 Å². The standard InChI is InChI=1S/C15H17N3OS/c1-19-12-5-2-4-11(10-12)14-13(6-3-7-16)18-8-9-20-15(18)17-14/h2,4-5,8-10H,3,6-7,16H2,1H3. The minimum Gasteiger partial charge on any atom is -0.497 e. The van der Waals surface area contributed by atoms with Crippen LogP contribution in [0.2, 0.25) is 0 Å². The van der Waals surface area contributed by atoms with Gasteiger partial charge in [0, 0.05) is 17.1 Å². The van der Waals surface area contributed by atoms with Gasteiger partial charge in [-0.25, -0.2) is 4.98 Å². The predicted molar refractivity (Wildman–Crippen MR) is 82.4 cm³/mol. The highest BCUT2D eigenvalue weighted by Crippen LogP contribution is 2.29. The molecule has 1 aromatic carbocycles. The Morgan fingerprint density at radius 1 is 1.40 bits per heavy atom. The number of aryl methyl sites for hydroxylation is 1. The van der Waals surface area contributed by atoms with Crippen molar-refractivity contribution in [2.24, 2.45) is 5.73 Å². The molecule has 0 aliphatic rings. The average molecular weight is 287 g/mol. The van der Waals surface area contributed by atoms with Gasteiger partial charge >= 0.3 is 0 Å². The second-order valence-corrected chi connectivity index (χ2v) is 5.46. The summed E-state index contributed by atoms with van der Waals surface area (Å²) in [7, 11) is 1.68. The third kappa shape index (κ3) is 2.30. The van der Waals surface area contributed by atoms with Gasteiger partial charge in [-0.3, -0.25) is 4.40 Å². The monoisotopic (exact) mass is 287 g/mol. The predicted octanol–water partition coefficient (Wildman–Crippen LogP) is 2.96. The highest BCUT2D eigenvalue weighted by atomic mass is 32.1. The maximum atomic E-state index is 5.65. The number of aromatic nitrogens is 2. The van der Waals surface area contributed by atoms with Crippen LogP contribution in [0, 0.1) is 0 Å². The summed E-state index contributed by atoms with van der Waals surface area (Å²) in [5, 5.41) is 2.06. The second-order valence-electron chi connectivity index (χ2n) is 4.59. The van der Waals surface area contributed by atoms with Gasteiger partial charge in [-0.05, 0) is 31.5 Å². The topological polar surface area (TPSA) is 52.5 Å². The zero-order valence-corrected chi connectivity index (χ0v) is 12.2. The Balaban J connectivity index is 2.11. The van der Waals surface area contributed by atoms with Gasteiger partial charge < -0.3 is 10.5 Å². The van der Waals surface area contributed by atoms with E-state index in [1.807, 2.05) is 18.2 Å². The SMILES string of the molecule is COc1cccc(-c2nc3sccn3c2CCCN)c1. The van der Waals surface area contributed by atoms with Gasteiger partial charge in [0.15, 0.2) is 4.96 Å². The molecule has 0 fully saturated rings. The van der Waals surface area contributed by atoms with Gasteiger partial charge in [-0.15, -0.1) is 11.3 Å². The Morgan fingerprint density at radius 3 is 3.10 bits per heavy atom. The lowest BCUT2D eigenvalue weighted by Crippen LogP contribution is -2.02. The highest BCUT2D eigenvalue weighted by molar-refractivity contribution is 7.15. The molecule has 5 heteroatoms. The fourth-order valence-electron chi connectivity index (χ4n) is 2.34. The molecule has 20 heavy (non-hydrogen) atoms. The zero-order chi connectivity index (χ0) is 13.9. The van der Waals surface area contributed by atoms with E-state index in [4.69, 9.17) is 15.5 Å². The quantitative estimate of drug-likeness (QED) is 0.785. The van der Waals surface area contributed by atoms with E-state index in [0.717, 1.165) is 34.8 Å². The molecule has 0 saturated carbocycles. The number of imidazole rings is 1. The van der Waals surface area contributed by atoms with Gasteiger partial charge in [0.05, 0.1) is 18.5 Å². The summed E-state index contributed by atoms with van der Waals surface area (Å²) in [6, 6.07) is 8.04. The summed E-state index contributed by atoms with van der Waals surface area (Å²) >= 11 is 1.65. The van der Waals surface area contributed by atoms with Crippen LogP contribution in [0.3, 0.4) is 0 Å². The van der Waals surface area contributed by atoms with Gasteiger partial charge in [0.1, 0.15) is 5.75 Å². The Kier molecular flexibility index (Phi) is 3.71. The summed E-state index contributed by atoms with van der Waals surface area (Å²) in [6.45, 7) is 0.689. The van der Waals surface area contributed by atoms with Crippen LogP contribution in [0.1, 0.15) is 12.1 Å². The first-order valence-electron chi connectivity index (χ1n) is 6.62. The minimum absolute atomic E-state index is 0.689. The van der Waals surface area contributed by atoms with Gasteiger partial charge in [-0.2, -0.15) is 0 Å². The van der Waals surface area contributed by atoms with Crippen molar-refractivity contribution in [3.63, 3.8) is 0 Å². The molecule has 0 aliphatic carbocycles. The maximum absolute atomic E-state index is 5.65. The minimum atomic E-state index is 0.689. The lowest BCUT2D eigenvalue weighted by molar-refractivity contribution is 0.415. The van der Waals surface area contributed by atoms with Crippen molar-refractivity contribution in [1.29, 1.82) is 0 Å². The molecule has 0 unspecified atom stereocenters. The summed E-state index contributed by atoms with van der Waals surface area (Å²) in [5.74, 6) is 0.851. The van der Waals surface area contributed by atoms with Crippen LogP contribution in [0.25, 0.3) is 16.2 Å². The number of methoxy groups -OCH3 is 1. The van der Waals surface area contributed by atoms with E-state index in [1.165, 1.54) is 5.69 Å². The molecule has 0 bridgehead atoms. The molecule has 3 aromatic rings. The molecule has 4 nitrogen and oxygen atoms in total. The second kappa shape index (κ2) is 5.64. The van der Waals surface area contributed by atoms with Crippen LogP contribution in [0.5, 0.6) is 5.75 Å². The summed E-state index contributed by atoms with van der Waals surface area (Å²) < 4.78 is 7.46. The number of ether oxygens (including phenoxy) is 1. The smallest absolute Gasteiger partial charge is 0.194 e. The molecule has 104 valence electrons. The molecule has 0 aliphatic heterocycles. The summed E-state index contributed by atoms with van der Waals surface area (Å²) in [4.78, 5) is 5.78. The first-order chi connectivity index (χ1) is 9.83. The van der Waals surface area contributed by atoms with Gasteiger partial charge in [0.25, 0.3) is 0 Å². The molecule has 2 aromatic heterocycles. The van der Waals surface area contributed by atoms with Crippen molar-refractivity contribution in [1.82, 2.24) is 9.38 Å². The first-order valence-corrected chi connectivity index (χ1v) is 7.50. The van der Waals surface area contributed by atoms with E-state index < -0.39 is 0 Å². The van der Waals surface area contributed by atoms with Crippen molar-refractivity contribution in [2.45, 2.75) is 12.8 Å². The Hall–Kier alpha value is -1.85. The molecule has 0 saturated heterocycles. The molecule has 0 amide bonds. The number of hydrogen-bond donors (Lipinski definition) is 1. The maximum Gasteiger partial charge on any atom is 0.194 e. The number of nitrogens with zero attached hydrogens (tertiary/aromatic N) is 2. The number of nitrogens with two attached hydrogens (primary N) is 1. The molecular weight excluding hydrogens is 270 g/mol.